The van der Waals surface area contributed by atoms with Crippen LogP contribution < -0.4 is 9.03 Å². The van der Waals surface area contributed by atoms with Crippen LogP contribution in [0.25, 0.3) is 0 Å². The van der Waals surface area contributed by atoms with E-state index in [-0.39, 0.29) is 4.90 Å². The lowest BCUT2D eigenvalue weighted by Gasteiger charge is -2.30. The summed E-state index contributed by atoms with van der Waals surface area (Å²) < 4.78 is 56.2. The van der Waals surface area contributed by atoms with Crippen molar-refractivity contribution < 1.29 is 16.8 Å². The zero-order valence-corrected chi connectivity index (χ0v) is 19.1. The zero-order valence-electron chi connectivity index (χ0n) is 16.6. The molecule has 1 aliphatic rings. The molecule has 2 aromatic carbocycles. The van der Waals surface area contributed by atoms with E-state index in [4.69, 9.17) is 0 Å². The lowest BCUT2D eigenvalue weighted by Crippen LogP contribution is -2.35. The SMILES string of the molecule is Cc1cccc(S(=O)(=O)Nc2ccc3c(c2)CCCN3S(=O)(=O)c2cccs2)c1C. The molecule has 1 aliphatic heterocycles. The molecule has 0 unspecified atom stereocenters. The number of anilines is 2. The summed E-state index contributed by atoms with van der Waals surface area (Å²) >= 11 is 1.19. The Labute approximate surface area is 181 Å². The summed E-state index contributed by atoms with van der Waals surface area (Å²) in [6, 6.07) is 13.5. The molecule has 0 atom stereocenters. The maximum Gasteiger partial charge on any atom is 0.273 e. The van der Waals surface area contributed by atoms with Crippen molar-refractivity contribution in [3.8, 4) is 0 Å². The van der Waals surface area contributed by atoms with Gasteiger partial charge >= 0.3 is 0 Å². The van der Waals surface area contributed by atoms with Gasteiger partial charge in [-0.2, -0.15) is 0 Å². The van der Waals surface area contributed by atoms with Gasteiger partial charge in [-0.25, -0.2) is 16.8 Å². The third-order valence-corrected chi connectivity index (χ3v) is 10.0. The van der Waals surface area contributed by atoms with Gasteiger partial charge in [0.25, 0.3) is 20.0 Å². The lowest BCUT2D eigenvalue weighted by molar-refractivity contribution is 0.588. The Morgan fingerprint density at radius 2 is 1.80 bits per heavy atom. The normalized spacial score (nSPS) is 14.4. The lowest BCUT2D eigenvalue weighted by atomic mass is 10.0. The van der Waals surface area contributed by atoms with Crippen molar-refractivity contribution >= 4 is 42.8 Å². The first-order chi connectivity index (χ1) is 14.2. The predicted octanol–water partition coefficient (Wildman–Crippen LogP) is 4.31. The van der Waals surface area contributed by atoms with E-state index in [0.717, 1.165) is 11.1 Å². The maximum atomic E-state index is 13.0. The van der Waals surface area contributed by atoms with E-state index in [0.29, 0.717) is 40.5 Å². The van der Waals surface area contributed by atoms with Crippen molar-refractivity contribution in [3.63, 3.8) is 0 Å². The van der Waals surface area contributed by atoms with E-state index in [1.807, 2.05) is 13.0 Å². The number of nitrogens with zero attached hydrogens (tertiary/aromatic N) is 1. The Balaban J connectivity index is 1.67. The minimum Gasteiger partial charge on any atom is -0.280 e. The number of aryl methyl sites for hydroxylation is 2. The number of hydrogen-bond acceptors (Lipinski definition) is 5. The van der Waals surface area contributed by atoms with E-state index in [2.05, 4.69) is 4.72 Å². The molecule has 158 valence electrons. The Kier molecular flexibility index (Phi) is 5.37. The number of nitrogens with one attached hydrogen (secondary N) is 1. The number of thiophene rings is 1. The van der Waals surface area contributed by atoms with Crippen LogP contribution >= 0.6 is 11.3 Å². The van der Waals surface area contributed by atoms with Crippen LogP contribution in [0.3, 0.4) is 0 Å². The van der Waals surface area contributed by atoms with Gasteiger partial charge in [0, 0.05) is 12.2 Å². The van der Waals surface area contributed by atoms with E-state index < -0.39 is 20.0 Å². The van der Waals surface area contributed by atoms with E-state index in [1.54, 1.807) is 54.8 Å². The van der Waals surface area contributed by atoms with Crippen molar-refractivity contribution in [2.45, 2.75) is 35.8 Å². The van der Waals surface area contributed by atoms with Crippen molar-refractivity contribution in [2.75, 3.05) is 15.6 Å². The molecule has 0 amide bonds. The quantitative estimate of drug-likeness (QED) is 0.613. The molecule has 0 aliphatic carbocycles. The minimum atomic E-state index is -3.75. The number of sulfonamides is 2. The molecule has 9 heteroatoms. The van der Waals surface area contributed by atoms with E-state index >= 15 is 0 Å². The van der Waals surface area contributed by atoms with Crippen LogP contribution in [-0.4, -0.2) is 23.4 Å². The summed E-state index contributed by atoms with van der Waals surface area (Å²) in [5.74, 6) is 0. The van der Waals surface area contributed by atoms with Gasteiger partial charge in [0.05, 0.1) is 10.6 Å². The molecule has 0 fully saturated rings. The Morgan fingerprint density at radius 1 is 1.00 bits per heavy atom. The second-order valence-corrected chi connectivity index (χ2v) is 11.9. The highest BCUT2D eigenvalue weighted by Gasteiger charge is 2.30. The number of hydrogen-bond donors (Lipinski definition) is 1. The molecule has 0 saturated carbocycles. The second-order valence-electron chi connectivity index (χ2n) is 7.26. The molecule has 0 saturated heterocycles. The van der Waals surface area contributed by atoms with Crippen molar-refractivity contribution in [3.05, 3.63) is 70.6 Å². The summed E-state index contributed by atoms with van der Waals surface area (Å²) in [5, 5.41) is 1.74. The molecule has 6 nitrogen and oxygen atoms in total. The summed E-state index contributed by atoms with van der Waals surface area (Å²) in [7, 11) is -7.37. The average molecular weight is 463 g/mol. The highest BCUT2D eigenvalue weighted by molar-refractivity contribution is 7.94. The van der Waals surface area contributed by atoms with Crippen LogP contribution in [-0.2, 0) is 26.5 Å². The van der Waals surface area contributed by atoms with Gasteiger partial charge in [-0.3, -0.25) is 9.03 Å². The van der Waals surface area contributed by atoms with Gasteiger partial charge in [0.1, 0.15) is 4.21 Å². The molecule has 2 heterocycles. The Bertz CT molecular complexity index is 1300. The number of rotatable bonds is 5. The third kappa shape index (κ3) is 3.73. The summed E-state index contributed by atoms with van der Waals surface area (Å²) in [6.07, 6.45) is 1.36. The van der Waals surface area contributed by atoms with Gasteiger partial charge in [-0.1, -0.05) is 18.2 Å². The van der Waals surface area contributed by atoms with Crippen molar-refractivity contribution in [2.24, 2.45) is 0 Å². The zero-order chi connectivity index (χ0) is 21.5. The summed E-state index contributed by atoms with van der Waals surface area (Å²) in [5.41, 5.74) is 3.44. The van der Waals surface area contributed by atoms with Gasteiger partial charge in [0.15, 0.2) is 0 Å². The fourth-order valence-corrected chi connectivity index (χ4v) is 7.63. The molecule has 0 spiro atoms. The van der Waals surface area contributed by atoms with E-state index in [9.17, 15) is 16.8 Å². The standard InChI is InChI=1S/C21H22N2O4S3/c1-15-6-3-8-20(16(15)2)29(24,25)22-18-10-11-19-17(14-18)7-4-12-23(19)30(26,27)21-9-5-13-28-21/h3,5-6,8-11,13-14,22H,4,7,12H2,1-2H3. The highest BCUT2D eigenvalue weighted by atomic mass is 32.2. The van der Waals surface area contributed by atoms with Gasteiger partial charge in [0.2, 0.25) is 0 Å². The Morgan fingerprint density at radius 3 is 2.53 bits per heavy atom. The largest absolute Gasteiger partial charge is 0.280 e. The average Bonchev–Trinajstić information content (AvgIpc) is 3.24. The van der Waals surface area contributed by atoms with Crippen LogP contribution in [0.2, 0.25) is 0 Å². The first-order valence-corrected chi connectivity index (χ1v) is 13.3. The fraction of sp³-hybridized carbons (Fsp3) is 0.238. The van der Waals surface area contributed by atoms with E-state index in [1.165, 1.54) is 15.6 Å². The number of fused-ring (bicyclic) bond motifs is 1. The summed E-state index contributed by atoms with van der Waals surface area (Å²) in [4.78, 5) is 0.238. The first-order valence-electron chi connectivity index (χ1n) is 9.48. The number of benzene rings is 2. The molecule has 30 heavy (non-hydrogen) atoms. The molecule has 0 radical (unpaired) electrons. The third-order valence-electron chi connectivity index (χ3n) is 5.29. The van der Waals surface area contributed by atoms with Crippen LogP contribution in [0, 0.1) is 13.8 Å². The van der Waals surface area contributed by atoms with Crippen LogP contribution in [0.15, 0.2) is 63.0 Å². The van der Waals surface area contributed by atoms with Gasteiger partial charge in [-0.05, 0) is 79.1 Å². The molecule has 4 rings (SSSR count). The van der Waals surface area contributed by atoms with Gasteiger partial charge < -0.3 is 0 Å². The maximum absolute atomic E-state index is 13.0. The second kappa shape index (κ2) is 7.72. The van der Waals surface area contributed by atoms with Crippen LogP contribution in [0.4, 0.5) is 11.4 Å². The van der Waals surface area contributed by atoms with Crippen molar-refractivity contribution in [1.82, 2.24) is 0 Å². The van der Waals surface area contributed by atoms with Crippen LogP contribution in [0.1, 0.15) is 23.1 Å². The van der Waals surface area contributed by atoms with Crippen molar-refractivity contribution in [1.29, 1.82) is 0 Å². The van der Waals surface area contributed by atoms with Gasteiger partial charge in [-0.15, -0.1) is 11.3 Å². The Hall–Kier alpha value is -2.36. The topological polar surface area (TPSA) is 83.6 Å². The fourth-order valence-electron chi connectivity index (χ4n) is 3.62. The minimum absolute atomic E-state index is 0.238. The molecule has 1 aromatic heterocycles. The first kappa shape index (κ1) is 20.9. The highest BCUT2D eigenvalue weighted by Crippen LogP contribution is 2.35. The molecule has 0 bridgehead atoms. The van der Waals surface area contributed by atoms with Crippen LogP contribution in [0.5, 0.6) is 0 Å². The smallest absolute Gasteiger partial charge is 0.273 e. The predicted molar refractivity (Wildman–Crippen MR) is 120 cm³/mol. The molecular formula is C21H22N2O4S3. The monoisotopic (exact) mass is 462 g/mol. The molecule has 3 aromatic rings. The molecular weight excluding hydrogens is 440 g/mol. The summed E-state index contributed by atoms with van der Waals surface area (Å²) in [6.45, 7) is 4.06. The molecule has 1 N–H and O–H groups in total.